The van der Waals surface area contributed by atoms with Gasteiger partial charge in [-0.25, -0.2) is 9.59 Å². The zero-order chi connectivity index (χ0) is 27.9. The predicted octanol–water partition coefficient (Wildman–Crippen LogP) is 3.18. The number of rotatable bonds is 9. The lowest BCUT2D eigenvalue weighted by Crippen LogP contribution is -2.40. The quantitative estimate of drug-likeness (QED) is 0.401. The fourth-order valence-corrected chi connectivity index (χ4v) is 4.43. The maximum atomic E-state index is 13.1. The summed E-state index contributed by atoms with van der Waals surface area (Å²) in [4.78, 5) is 43.8. The zero-order valence-electron chi connectivity index (χ0n) is 22.2. The second kappa shape index (κ2) is 12.4. The number of piperidine rings is 1. The Bertz CT molecular complexity index is 1320. The first-order valence-electron chi connectivity index (χ1n) is 12.2. The summed E-state index contributed by atoms with van der Waals surface area (Å²) in [6.07, 6.45) is 1.48. The van der Waals surface area contributed by atoms with Crippen LogP contribution in [0.4, 0.5) is 5.69 Å². The molecule has 0 aliphatic carbocycles. The van der Waals surface area contributed by atoms with Gasteiger partial charge in [0, 0.05) is 17.8 Å². The molecule has 2 aromatic carbocycles. The number of benzene rings is 2. The van der Waals surface area contributed by atoms with Gasteiger partial charge in [0.25, 0.3) is 0 Å². The molecule has 1 amide bonds. The number of esters is 2. The molecule has 2 heterocycles. The molecule has 3 aromatic rings. The van der Waals surface area contributed by atoms with E-state index in [2.05, 4.69) is 20.4 Å². The number of methoxy groups -OCH3 is 4. The molecular formula is C27H30N4O8. The number of likely N-dealkylation sites (tertiary alicyclic amines) is 1. The minimum Gasteiger partial charge on any atom is -0.493 e. The van der Waals surface area contributed by atoms with E-state index in [-0.39, 0.29) is 23.0 Å². The number of carbonyl (C=O) groups is 3. The van der Waals surface area contributed by atoms with Crippen molar-refractivity contribution in [1.29, 1.82) is 0 Å². The SMILES string of the molecule is COC(=O)c1cc(NC(=O)C2CCCN(Cc3nc(-c4ccc(OC)c(OC)c4)no3)C2)cc(C(=O)OC)c1. The van der Waals surface area contributed by atoms with Crippen molar-refractivity contribution in [3.05, 3.63) is 53.4 Å². The van der Waals surface area contributed by atoms with Crippen molar-refractivity contribution >= 4 is 23.5 Å². The minimum atomic E-state index is -0.632. The van der Waals surface area contributed by atoms with E-state index < -0.39 is 11.9 Å². The molecule has 1 atom stereocenters. The molecule has 4 rings (SSSR count). The van der Waals surface area contributed by atoms with Crippen molar-refractivity contribution in [3.63, 3.8) is 0 Å². The Labute approximate surface area is 225 Å². The van der Waals surface area contributed by atoms with Gasteiger partial charge in [0.05, 0.1) is 52.0 Å². The normalized spacial score (nSPS) is 15.3. The maximum Gasteiger partial charge on any atom is 0.337 e. The van der Waals surface area contributed by atoms with Crippen LogP contribution in [0.15, 0.2) is 40.9 Å². The van der Waals surface area contributed by atoms with Gasteiger partial charge < -0.3 is 28.8 Å². The van der Waals surface area contributed by atoms with Gasteiger partial charge in [-0.2, -0.15) is 4.98 Å². The molecule has 1 unspecified atom stereocenters. The smallest absolute Gasteiger partial charge is 0.337 e. The summed E-state index contributed by atoms with van der Waals surface area (Å²) < 4.78 is 25.6. The van der Waals surface area contributed by atoms with Gasteiger partial charge in [-0.3, -0.25) is 9.69 Å². The largest absolute Gasteiger partial charge is 0.493 e. The predicted molar refractivity (Wildman–Crippen MR) is 139 cm³/mol. The third-order valence-electron chi connectivity index (χ3n) is 6.39. The molecule has 1 aliphatic rings. The number of hydrogen-bond acceptors (Lipinski definition) is 11. The molecule has 0 saturated carbocycles. The van der Waals surface area contributed by atoms with Gasteiger partial charge in [0.2, 0.25) is 17.6 Å². The summed E-state index contributed by atoms with van der Waals surface area (Å²) in [5.74, 6) is 0.186. The molecule has 1 aliphatic heterocycles. The summed E-state index contributed by atoms with van der Waals surface area (Å²) in [7, 11) is 5.60. The zero-order valence-corrected chi connectivity index (χ0v) is 22.2. The Morgan fingerprint density at radius 1 is 0.974 bits per heavy atom. The van der Waals surface area contributed by atoms with Gasteiger partial charge in [-0.15, -0.1) is 0 Å². The molecule has 0 bridgehead atoms. The molecule has 0 radical (unpaired) electrons. The van der Waals surface area contributed by atoms with E-state index in [9.17, 15) is 14.4 Å². The highest BCUT2D eigenvalue weighted by molar-refractivity contribution is 6.00. The van der Waals surface area contributed by atoms with Crippen molar-refractivity contribution in [2.24, 2.45) is 5.92 Å². The number of anilines is 1. The van der Waals surface area contributed by atoms with Crippen LogP contribution < -0.4 is 14.8 Å². The second-order valence-electron chi connectivity index (χ2n) is 8.93. The Hall–Kier alpha value is -4.45. The van der Waals surface area contributed by atoms with E-state index in [0.717, 1.165) is 18.5 Å². The Morgan fingerprint density at radius 2 is 1.67 bits per heavy atom. The third kappa shape index (κ3) is 6.52. The molecule has 39 heavy (non-hydrogen) atoms. The van der Waals surface area contributed by atoms with Crippen molar-refractivity contribution in [2.45, 2.75) is 19.4 Å². The Kier molecular flexibility index (Phi) is 8.77. The fourth-order valence-electron chi connectivity index (χ4n) is 4.43. The summed E-state index contributed by atoms with van der Waals surface area (Å²) in [5, 5.41) is 6.91. The molecule has 1 saturated heterocycles. The van der Waals surface area contributed by atoms with E-state index in [1.54, 1.807) is 26.4 Å². The van der Waals surface area contributed by atoms with Crippen LogP contribution in [0.2, 0.25) is 0 Å². The van der Waals surface area contributed by atoms with Crippen LogP contribution in [-0.2, 0) is 20.8 Å². The second-order valence-corrected chi connectivity index (χ2v) is 8.93. The number of nitrogens with one attached hydrogen (secondary N) is 1. The Morgan fingerprint density at radius 3 is 2.31 bits per heavy atom. The van der Waals surface area contributed by atoms with E-state index in [0.29, 0.717) is 48.4 Å². The first-order chi connectivity index (χ1) is 18.8. The molecule has 12 heteroatoms. The molecule has 1 N–H and O–H groups in total. The van der Waals surface area contributed by atoms with Gasteiger partial charge in [0.1, 0.15) is 0 Å². The maximum absolute atomic E-state index is 13.1. The van der Waals surface area contributed by atoms with Gasteiger partial charge in [0.15, 0.2) is 11.5 Å². The van der Waals surface area contributed by atoms with Crippen molar-refractivity contribution in [3.8, 4) is 22.9 Å². The lowest BCUT2D eigenvalue weighted by molar-refractivity contribution is -0.121. The molecule has 12 nitrogen and oxygen atoms in total. The van der Waals surface area contributed by atoms with Crippen LogP contribution in [0.25, 0.3) is 11.4 Å². The fraction of sp³-hybridized carbons (Fsp3) is 0.370. The van der Waals surface area contributed by atoms with Crippen LogP contribution in [0.3, 0.4) is 0 Å². The summed E-state index contributed by atoms with van der Waals surface area (Å²) >= 11 is 0. The van der Waals surface area contributed by atoms with Crippen molar-refractivity contribution in [2.75, 3.05) is 46.8 Å². The third-order valence-corrected chi connectivity index (χ3v) is 6.39. The van der Waals surface area contributed by atoms with E-state index in [1.807, 2.05) is 6.07 Å². The monoisotopic (exact) mass is 538 g/mol. The first kappa shape index (κ1) is 27.6. The topological polar surface area (TPSA) is 142 Å². The van der Waals surface area contributed by atoms with Gasteiger partial charge in [-0.1, -0.05) is 5.16 Å². The molecule has 1 aromatic heterocycles. The summed E-state index contributed by atoms with van der Waals surface area (Å²) in [5.41, 5.74) is 1.28. The number of carbonyl (C=O) groups excluding carboxylic acids is 3. The van der Waals surface area contributed by atoms with Crippen LogP contribution in [-0.4, -0.2) is 74.4 Å². The number of nitrogens with zero attached hydrogens (tertiary/aromatic N) is 3. The highest BCUT2D eigenvalue weighted by atomic mass is 16.5. The number of hydrogen-bond donors (Lipinski definition) is 1. The van der Waals surface area contributed by atoms with E-state index >= 15 is 0 Å². The average Bonchev–Trinajstić information content (AvgIpc) is 3.44. The summed E-state index contributed by atoms with van der Waals surface area (Å²) in [6.45, 7) is 1.62. The molecule has 0 spiro atoms. The van der Waals surface area contributed by atoms with Crippen LogP contribution in [0.5, 0.6) is 11.5 Å². The minimum absolute atomic E-state index is 0.127. The number of ether oxygens (including phenoxy) is 4. The van der Waals surface area contributed by atoms with Crippen molar-refractivity contribution in [1.82, 2.24) is 15.0 Å². The van der Waals surface area contributed by atoms with Crippen molar-refractivity contribution < 1.29 is 37.9 Å². The number of aromatic nitrogens is 2. The van der Waals surface area contributed by atoms with E-state index in [4.69, 9.17) is 23.5 Å². The molecule has 206 valence electrons. The lowest BCUT2D eigenvalue weighted by atomic mass is 9.97. The highest BCUT2D eigenvalue weighted by Crippen LogP contribution is 2.31. The van der Waals surface area contributed by atoms with Crippen LogP contribution >= 0.6 is 0 Å². The average molecular weight is 539 g/mol. The van der Waals surface area contributed by atoms with Gasteiger partial charge in [-0.05, 0) is 55.8 Å². The van der Waals surface area contributed by atoms with E-state index in [1.165, 1.54) is 32.4 Å². The summed E-state index contributed by atoms with van der Waals surface area (Å²) in [6, 6.07) is 9.65. The highest BCUT2D eigenvalue weighted by Gasteiger charge is 2.28. The van der Waals surface area contributed by atoms with Gasteiger partial charge >= 0.3 is 11.9 Å². The van der Waals surface area contributed by atoms with Crippen LogP contribution in [0, 0.1) is 5.92 Å². The lowest BCUT2D eigenvalue weighted by Gasteiger charge is -2.30. The molecule has 1 fully saturated rings. The standard InChI is InChI=1S/C27H30N4O8/c1-35-21-8-7-16(13-22(21)36-2)24-29-23(39-30-24)15-31-9-5-6-17(14-31)25(32)28-20-11-18(26(33)37-3)10-19(12-20)27(34)38-4/h7-8,10-13,17H,5-6,9,14-15H2,1-4H3,(H,28,32). The first-order valence-corrected chi connectivity index (χ1v) is 12.2. The van der Waals surface area contributed by atoms with Crippen LogP contribution in [0.1, 0.15) is 39.4 Å². The molecular weight excluding hydrogens is 508 g/mol. The Balaban J connectivity index is 1.42. The number of amides is 1.